The smallest absolute Gasteiger partial charge is 0.227 e. The Morgan fingerprint density at radius 2 is 1.79 bits per heavy atom. The Morgan fingerprint density at radius 1 is 1.00 bits per heavy atom. The first kappa shape index (κ1) is 22.6. The van der Waals surface area contributed by atoms with Gasteiger partial charge in [-0.1, -0.05) is 68.3 Å². The van der Waals surface area contributed by atoms with Crippen LogP contribution in [-0.4, -0.2) is 11.7 Å². The Kier molecular flexibility index (Phi) is 6.63. The van der Waals surface area contributed by atoms with E-state index < -0.39 is 6.04 Å². The highest BCUT2D eigenvalue weighted by Gasteiger charge is 2.41. The van der Waals surface area contributed by atoms with Crippen molar-refractivity contribution in [3.05, 3.63) is 93.8 Å². The molecule has 34 heavy (non-hydrogen) atoms. The van der Waals surface area contributed by atoms with E-state index in [1.54, 1.807) is 11.3 Å². The number of benzene rings is 2. The molecule has 3 aromatic rings. The molecule has 0 radical (unpaired) electrons. The molecule has 2 aromatic carbocycles. The van der Waals surface area contributed by atoms with Crippen LogP contribution in [0.25, 0.3) is 0 Å². The van der Waals surface area contributed by atoms with Crippen LogP contribution in [0.4, 0.5) is 11.4 Å². The average Bonchev–Trinajstić information content (AvgIpc) is 3.34. The van der Waals surface area contributed by atoms with Gasteiger partial charge in [0, 0.05) is 29.0 Å². The number of allylic oxidation sites excluding steroid dienone is 1. The summed E-state index contributed by atoms with van der Waals surface area (Å²) in [6, 6.07) is 21.9. The fraction of sp³-hybridized carbons (Fsp3) is 0.310. The largest absolute Gasteiger partial charge is 0.357 e. The van der Waals surface area contributed by atoms with E-state index in [0.29, 0.717) is 12.8 Å². The monoisotopic (exact) mass is 470 g/mol. The van der Waals surface area contributed by atoms with Crippen LogP contribution < -0.4 is 10.2 Å². The highest BCUT2D eigenvalue weighted by molar-refractivity contribution is 7.10. The van der Waals surface area contributed by atoms with Gasteiger partial charge in [-0.15, -0.1) is 11.3 Å². The lowest BCUT2D eigenvalue weighted by molar-refractivity contribution is -0.119. The van der Waals surface area contributed by atoms with Crippen LogP contribution in [0.1, 0.15) is 67.8 Å². The van der Waals surface area contributed by atoms with Crippen molar-refractivity contribution >= 4 is 34.4 Å². The standard InChI is InChI=1S/C29H30N2O2S/c1-2-3-5-16-27(33)31-24-14-9-8-13-22(24)30-23-18-21(20-11-6-4-7-12-20)19-25(32)28(23)29(31)26-15-10-17-34-26/h4,6-15,17,21,29-30H,2-3,5,16,18-19H2,1H3/t21-,29-/m0/s1. The zero-order valence-corrected chi connectivity index (χ0v) is 20.3. The summed E-state index contributed by atoms with van der Waals surface area (Å²) in [4.78, 5) is 30.5. The van der Waals surface area contributed by atoms with Crippen LogP contribution in [0, 0.1) is 0 Å². The fourth-order valence-electron chi connectivity index (χ4n) is 5.19. The Balaban J connectivity index is 1.63. The van der Waals surface area contributed by atoms with Crippen LogP contribution >= 0.6 is 11.3 Å². The molecule has 0 spiro atoms. The van der Waals surface area contributed by atoms with Gasteiger partial charge < -0.3 is 5.32 Å². The molecule has 1 aliphatic heterocycles. The maximum absolute atomic E-state index is 13.8. The van der Waals surface area contributed by atoms with Gasteiger partial charge in [0.05, 0.1) is 11.4 Å². The lowest BCUT2D eigenvalue weighted by Gasteiger charge is -2.34. The zero-order valence-electron chi connectivity index (χ0n) is 19.5. The topological polar surface area (TPSA) is 49.4 Å². The number of nitrogens with one attached hydrogen (secondary N) is 1. The highest BCUT2D eigenvalue weighted by atomic mass is 32.1. The number of rotatable bonds is 6. The van der Waals surface area contributed by atoms with Crippen molar-refractivity contribution in [2.24, 2.45) is 0 Å². The van der Waals surface area contributed by atoms with Crippen LogP contribution in [-0.2, 0) is 9.59 Å². The Morgan fingerprint density at radius 3 is 2.56 bits per heavy atom. The van der Waals surface area contributed by atoms with E-state index in [9.17, 15) is 9.59 Å². The number of amides is 1. The van der Waals surface area contributed by atoms with E-state index in [2.05, 4.69) is 30.4 Å². The molecule has 0 unspecified atom stereocenters. The molecular formula is C29H30N2O2S. The maximum atomic E-state index is 13.8. The highest BCUT2D eigenvalue weighted by Crippen LogP contribution is 2.48. The SMILES string of the molecule is CCCCCC(=O)N1c2ccccc2NC2=C(C(=O)C[C@@H](c3ccccc3)C2)[C@@H]1c1cccs1. The molecule has 1 amide bonds. The minimum atomic E-state index is -0.399. The van der Waals surface area contributed by atoms with Crippen LogP contribution in [0.5, 0.6) is 0 Å². The van der Waals surface area contributed by atoms with Crippen molar-refractivity contribution in [2.45, 2.75) is 57.4 Å². The Labute approximate surface area is 205 Å². The molecule has 1 aliphatic carbocycles. The van der Waals surface area contributed by atoms with Gasteiger partial charge in [-0.25, -0.2) is 0 Å². The number of fused-ring (bicyclic) bond motifs is 1. The summed E-state index contributed by atoms with van der Waals surface area (Å²) in [6.45, 7) is 2.14. The third kappa shape index (κ3) is 4.32. The summed E-state index contributed by atoms with van der Waals surface area (Å²) in [5.74, 6) is 0.330. The molecular weight excluding hydrogens is 440 g/mol. The van der Waals surface area contributed by atoms with Gasteiger partial charge in [0.1, 0.15) is 6.04 Å². The minimum absolute atomic E-state index is 0.0767. The molecule has 0 saturated carbocycles. The second-order valence-corrected chi connectivity index (χ2v) is 10.1. The van der Waals surface area contributed by atoms with E-state index in [-0.39, 0.29) is 17.6 Å². The number of carbonyl (C=O) groups excluding carboxylic acids is 2. The second kappa shape index (κ2) is 9.98. The molecule has 2 heterocycles. The van der Waals surface area contributed by atoms with Gasteiger partial charge in [0.25, 0.3) is 0 Å². The van der Waals surface area contributed by atoms with E-state index >= 15 is 0 Å². The van der Waals surface area contributed by atoms with Gasteiger partial charge in [-0.2, -0.15) is 0 Å². The van der Waals surface area contributed by atoms with E-state index in [4.69, 9.17) is 0 Å². The van der Waals surface area contributed by atoms with Gasteiger partial charge in [0.2, 0.25) is 5.91 Å². The number of carbonyl (C=O) groups is 2. The summed E-state index contributed by atoms with van der Waals surface area (Å²) in [5.41, 5.74) is 4.61. The number of anilines is 2. The molecule has 1 N–H and O–H groups in total. The number of ketones is 1. The van der Waals surface area contributed by atoms with Gasteiger partial charge in [-0.3, -0.25) is 14.5 Å². The van der Waals surface area contributed by atoms with Crippen molar-refractivity contribution in [3.63, 3.8) is 0 Å². The Hall–Kier alpha value is -3.18. The number of thiophene rings is 1. The first-order valence-corrected chi connectivity index (χ1v) is 13.1. The number of hydrogen-bond acceptors (Lipinski definition) is 4. The molecule has 5 heteroatoms. The predicted molar refractivity (Wildman–Crippen MR) is 139 cm³/mol. The van der Waals surface area contributed by atoms with Crippen molar-refractivity contribution in [1.29, 1.82) is 0 Å². The molecule has 4 nitrogen and oxygen atoms in total. The average molecular weight is 471 g/mol. The van der Waals surface area contributed by atoms with E-state index in [1.807, 2.05) is 58.8 Å². The van der Waals surface area contributed by atoms with E-state index in [0.717, 1.165) is 53.2 Å². The first-order chi connectivity index (χ1) is 16.7. The number of para-hydroxylation sites is 2. The number of hydrogen-bond donors (Lipinski definition) is 1. The summed E-state index contributed by atoms with van der Waals surface area (Å²) in [5, 5.41) is 5.63. The molecule has 2 aliphatic rings. The normalized spacial score (nSPS) is 19.8. The second-order valence-electron chi connectivity index (χ2n) is 9.11. The third-order valence-electron chi connectivity index (χ3n) is 6.84. The van der Waals surface area contributed by atoms with Crippen molar-refractivity contribution in [2.75, 3.05) is 10.2 Å². The molecule has 2 atom stereocenters. The molecule has 5 rings (SSSR count). The van der Waals surface area contributed by atoms with Gasteiger partial charge in [0.15, 0.2) is 5.78 Å². The summed E-state index contributed by atoms with van der Waals surface area (Å²) < 4.78 is 0. The molecule has 174 valence electrons. The summed E-state index contributed by atoms with van der Waals surface area (Å²) in [7, 11) is 0. The molecule has 0 fully saturated rings. The first-order valence-electron chi connectivity index (χ1n) is 12.2. The lowest BCUT2D eigenvalue weighted by atomic mass is 9.79. The predicted octanol–water partition coefficient (Wildman–Crippen LogP) is 7.23. The third-order valence-corrected chi connectivity index (χ3v) is 7.76. The molecule has 0 saturated heterocycles. The molecule has 0 bridgehead atoms. The van der Waals surface area contributed by atoms with Gasteiger partial charge >= 0.3 is 0 Å². The van der Waals surface area contributed by atoms with Crippen molar-refractivity contribution < 1.29 is 9.59 Å². The fourth-order valence-corrected chi connectivity index (χ4v) is 6.01. The summed E-state index contributed by atoms with van der Waals surface area (Å²) >= 11 is 1.61. The van der Waals surface area contributed by atoms with E-state index in [1.165, 1.54) is 5.56 Å². The zero-order chi connectivity index (χ0) is 23.5. The minimum Gasteiger partial charge on any atom is -0.357 e. The van der Waals surface area contributed by atoms with Crippen molar-refractivity contribution in [3.8, 4) is 0 Å². The van der Waals surface area contributed by atoms with Crippen LogP contribution in [0.15, 0.2) is 83.4 Å². The lowest BCUT2D eigenvalue weighted by Crippen LogP contribution is -2.38. The summed E-state index contributed by atoms with van der Waals surface area (Å²) in [6.07, 6.45) is 4.63. The molecule has 1 aromatic heterocycles. The number of Topliss-reactive ketones (excluding diaryl/α,β-unsaturated/α-hetero) is 1. The quantitative estimate of drug-likeness (QED) is 0.387. The van der Waals surface area contributed by atoms with Crippen LogP contribution in [0.2, 0.25) is 0 Å². The maximum Gasteiger partial charge on any atom is 0.227 e. The number of nitrogens with zero attached hydrogens (tertiary/aromatic N) is 1. The van der Waals surface area contributed by atoms with Crippen LogP contribution in [0.3, 0.4) is 0 Å². The Bertz CT molecular complexity index is 1200. The van der Waals surface area contributed by atoms with Gasteiger partial charge in [-0.05, 0) is 47.9 Å². The number of unbranched alkanes of at least 4 members (excludes halogenated alkanes) is 2. The van der Waals surface area contributed by atoms with Crippen molar-refractivity contribution in [1.82, 2.24) is 0 Å².